The fourth-order valence-electron chi connectivity index (χ4n) is 1.60. The largest absolute Gasteiger partial charge is 0.399 e. The molecule has 0 aliphatic carbocycles. The van der Waals surface area contributed by atoms with Crippen LogP contribution in [0.4, 0.5) is 15.8 Å². The molecule has 0 aliphatic rings. The number of amides is 1. The monoisotopic (exact) mass is 289 g/mol. The van der Waals surface area contributed by atoms with Crippen LogP contribution in [0.15, 0.2) is 36.4 Å². The first-order valence-corrected chi connectivity index (χ1v) is 5.95. The molecule has 0 aromatic heterocycles. The molecule has 0 unspecified atom stereocenters. The molecule has 0 bridgehead atoms. The Morgan fingerprint density at radius 3 is 2.65 bits per heavy atom. The summed E-state index contributed by atoms with van der Waals surface area (Å²) in [5, 5.41) is 11.5. The van der Waals surface area contributed by atoms with Crippen LogP contribution in [0.2, 0.25) is 5.02 Å². The zero-order chi connectivity index (χ0) is 14.7. The number of halogens is 2. The first kappa shape index (κ1) is 13.8. The van der Waals surface area contributed by atoms with E-state index >= 15 is 0 Å². The van der Waals surface area contributed by atoms with E-state index in [9.17, 15) is 9.18 Å². The molecule has 1 amide bonds. The highest BCUT2D eigenvalue weighted by molar-refractivity contribution is 6.32. The molecule has 4 nitrogen and oxygen atoms in total. The quantitative estimate of drug-likeness (QED) is 0.833. The Labute approximate surface area is 119 Å². The molecule has 2 rings (SSSR count). The van der Waals surface area contributed by atoms with Gasteiger partial charge in [0, 0.05) is 11.4 Å². The van der Waals surface area contributed by atoms with Crippen LogP contribution in [0.25, 0.3) is 0 Å². The summed E-state index contributed by atoms with van der Waals surface area (Å²) in [4.78, 5) is 11.9. The first-order valence-electron chi connectivity index (χ1n) is 5.57. The summed E-state index contributed by atoms with van der Waals surface area (Å²) in [5.41, 5.74) is 6.19. The second-order valence-electron chi connectivity index (χ2n) is 4.00. The zero-order valence-electron chi connectivity index (χ0n) is 10.2. The Morgan fingerprint density at radius 1 is 1.30 bits per heavy atom. The van der Waals surface area contributed by atoms with E-state index in [-0.39, 0.29) is 16.3 Å². The van der Waals surface area contributed by atoms with Crippen molar-refractivity contribution in [1.82, 2.24) is 0 Å². The fourth-order valence-corrected chi connectivity index (χ4v) is 1.82. The van der Waals surface area contributed by atoms with Crippen molar-refractivity contribution in [3.8, 4) is 6.07 Å². The van der Waals surface area contributed by atoms with Crippen LogP contribution >= 0.6 is 11.6 Å². The molecule has 0 heterocycles. The summed E-state index contributed by atoms with van der Waals surface area (Å²) >= 11 is 5.85. The smallest absolute Gasteiger partial charge is 0.258 e. The first-order chi connectivity index (χ1) is 9.51. The molecule has 2 aromatic rings. The summed E-state index contributed by atoms with van der Waals surface area (Å²) in [6.45, 7) is 0. The van der Waals surface area contributed by atoms with Gasteiger partial charge in [-0.05, 0) is 36.4 Å². The van der Waals surface area contributed by atoms with Gasteiger partial charge in [0.2, 0.25) is 0 Å². The van der Waals surface area contributed by atoms with E-state index in [2.05, 4.69) is 5.32 Å². The maximum atomic E-state index is 13.6. The summed E-state index contributed by atoms with van der Waals surface area (Å²) in [6, 6.07) is 10.1. The number of benzene rings is 2. The molecule has 0 spiro atoms. The predicted molar refractivity (Wildman–Crippen MR) is 74.9 cm³/mol. The minimum atomic E-state index is -0.706. The maximum absolute atomic E-state index is 13.6. The number of anilines is 2. The average Bonchev–Trinajstić information content (AvgIpc) is 2.38. The van der Waals surface area contributed by atoms with Crippen LogP contribution in [0.1, 0.15) is 15.9 Å². The minimum absolute atomic E-state index is 0.125. The molecule has 0 radical (unpaired) electrons. The van der Waals surface area contributed by atoms with Crippen molar-refractivity contribution in [1.29, 1.82) is 5.26 Å². The van der Waals surface area contributed by atoms with Crippen LogP contribution in [0.5, 0.6) is 0 Å². The van der Waals surface area contributed by atoms with Gasteiger partial charge in [0.25, 0.3) is 5.91 Å². The third-order valence-corrected chi connectivity index (χ3v) is 2.90. The molecule has 0 atom stereocenters. The number of nitrogens with one attached hydrogen (secondary N) is 1. The van der Waals surface area contributed by atoms with Gasteiger partial charge in [-0.15, -0.1) is 0 Å². The lowest BCUT2D eigenvalue weighted by Crippen LogP contribution is -2.14. The van der Waals surface area contributed by atoms with E-state index in [1.165, 1.54) is 30.3 Å². The molecule has 0 fully saturated rings. The number of rotatable bonds is 2. The highest BCUT2D eigenvalue weighted by Crippen LogP contribution is 2.21. The van der Waals surface area contributed by atoms with Gasteiger partial charge in [-0.2, -0.15) is 5.26 Å². The van der Waals surface area contributed by atoms with E-state index < -0.39 is 11.7 Å². The second-order valence-corrected chi connectivity index (χ2v) is 4.41. The molecular weight excluding hydrogens is 281 g/mol. The molecule has 3 N–H and O–H groups in total. The summed E-state index contributed by atoms with van der Waals surface area (Å²) in [5.74, 6) is -1.33. The Morgan fingerprint density at radius 2 is 2.05 bits per heavy atom. The van der Waals surface area contributed by atoms with Crippen molar-refractivity contribution < 1.29 is 9.18 Å². The fraction of sp³-hybridized carbons (Fsp3) is 0. The minimum Gasteiger partial charge on any atom is -0.399 e. The van der Waals surface area contributed by atoms with E-state index in [4.69, 9.17) is 22.6 Å². The number of nitrogens with two attached hydrogens (primary N) is 1. The van der Waals surface area contributed by atoms with Gasteiger partial charge < -0.3 is 11.1 Å². The molecule has 2 aromatic carbocycles. The Hall–Kier alpha value is -2.58. The molecule has 6 heteroatoms. The lowest BCUT2D eigenvalue weighted by Gasteiger charge is -2.07. The van der Waals surface area contributed by atoms with Gasteiger partial charge in [-0.1, -0.05) is 11.6 Å². The normalized spacial score (nSPS) is 9.85. The highest BCUT2D eigenvalue weighted by atomic mass is 35.5. The van der Waals surface area contributed by atoms with Gasteiger partial charge in [0.15, 0.2) is 0 Å². The molecule has 0 saturated heterocycles. The topological polar surface area (TPSA) is 78.9 Å². The van der Waals surface area contributed by atoms with Crippen molar-refractivity contribution >= 4 is 28.9 Å². The van der Waals surface area contributed by atoms with Gasteiger partial charge in [-0.25, -0.2) is 4.39 Å². The van der Waals surface area contributed by atoms with Crippen LogP contribution in [0.3, 0.4) is 0 Å². The van der Waals surface area contributed by atoms with Gasteiger partial charge in [0.1, 0.15) is 11.9 Å². The maximum Gasteiger partial charge on any atom is 0.258 e. The summed E-state index contributed by atoms with van der Waals surface area (Å²) in [7, 11) is 0. The van der Waals surface area contributed by atoms with E-state index in [0.717, 1.165) is 6.07 Å². The van der Waals surface area contributed by atoms with Gasteiger partial charge in [-0.3, -0.25) is 4.79 Å². The Balaban J connectivity index is 2.24. The van der Waals surface area contributed by atoms with Crippen LogP contribution in [-0.2, 0) is 0 Å². The third kappa shape index (κ3) is 2.87. The average molecular weight is 290 g/mol. The van der Waals surface area contributed by atoms with Crippen molar-refractivity contribution in [3.63, 3.8) is 0 Å². The second kappa shape index (κ2) is 5.59. The summed E-state index contributed by atoms with van der Waals surface area (Å²) < 4.78 is 13.6. The Bertz CT molecular complexity index is 725. The molecular formula is C14H9ClFN3O. The number of nitriles is 1. The predicted octanol–water partition coefficient (Wildman–Crippen LogP) is 3.19. The molecule has 0 aliphatic heterocycles. The van der Waals surface area contributed by atoms with Crippen molar-refractivity contribution in [2.24, 2.45) is 0 Å². The van der Waals surface area contributed by atoms with Gasteiger partial charge in [0.05, 0.1) is 16.1 Å². The van der Waals surface area contributed by atoms with Crippen LogP contribution < -0.4 is 11.1 Å². The number of hydrogen-bond donors (Lipinski definition) is 2. The lowest BCUT2D eigenvalue weighted by atomic mass is 10.1. The van der Waals surface area contributed by atoms with E-state index in [1.54, 1.807) is 0 Å². The number of carbonyl (C=O) groups is 1. The zero-order valence-corrected chi connectivity index (χ0v) is 10.9. The molecule has 20 heavy (non-hydrogen) atoms. The number of nitrogens with zero attached hydrogens (tertiary/aromatic N) is 1. The van der Waals surface area contributed by atoms with Crippen LogP contribution in [-0.4, -0.2) is 5.91 Å². The van der Waals surface area contributed by atoms with Crippen molar-refractivity contribution in [3.05, 3.63) is 58.4 Å². The lowest BCUT2D eigenvalue weighted by molar-refractivity contribution is 0.102. The number of nitrogen functional groups attached to an aromatic ring is 1. The van der Waals surface area contributed by atoms with Gasteiger partial charge >= 0.3 is 0 Å². The van der Waals surface area contributed by atoms with E-state index in [1.807, 2.05) is 6.07 Å². The SMILES string of the molecule is N#Cc1ccc(NC(=O)c2ccc(N)cc2F)cc1Cl. The molecule has 0 saturated carbocycles. The highest BCUT2D eigenvalue weighted by Gasteiger charge is 2.12. The third-order valence-electron chi connectivity index (χ3n) is 2.59. The number of carbonyl (C=O) groups excluding carboxylic acids is 1. The van der Waals surface area contributed by atoms with Crippen molar-refractivity contribution in [2.75, 3.05) is 11.1 Å². The summed E-state index contributed by atoms with van der Waals surface area (Å²) in [6.07, 6.45) is 0. The number of hydrogen-bond acceptors (Lipinski definition) is 3. The van der Waals surface area contributed by atoms with E-state index in [0.29, 0.717) is 11.3 Å². The standard InChI is InChI=1S/C14H9ClFN3O/c15-12-6-10(3-1-8(12)7-17)19-14(20)11-4-2-9(18)5-13(11)16/h1-6H,18H2,(H,19,20). The van der Waals surface area contributed by atoms with Crippen LogP contribution in [0, 0.1) is 17.1 Å². The molecule has 100 valence electrons. The Kier molecular flexibility index (Phi) is 3.87. The van der Waals surface area contributed by atoms with Crippen molar-refractivity contribution in [2.45, 2.75) is 0 Å².